The second kappa shape index (κ2) is 8.46. The molecule has 0 fully saturated rings. The zero-order chi connectivity index (χ0) is 16.0. The number of nitrogens with zero attached hydrogens (tertiary/aromatic N) is 2. The van der Waals surface area contributed by atoms with Crippen LogP contribution >= 0.6 is 15.9 Å². The summed E-state index contributed by atoms with van der Waals surface area (Å²) >= 11 is 3.20. The molecule has 6 heteroatoms. The smallest absolute Gasteiger partial charge is 0.283 e. The molecule has 0 saturated heterocycles. The molecule has 0 unspecified atom stereocenters. The van der Waals surface area contributed by atoms with Crippen LogP contribution in [-0.4, -0.2) is 35.0 Å². The summed E-state index contributed by atoms with van der Waals surface area (Å²) in [6.07, 6.45) is 0. The molecule has 0 saturated carbocycles. The Morgan fingerprint density at radius 1 is 1.29 bits per heavy atom. The molecule has 0 atom stereocenters. The molecule has 0 aromatic heterocycles. The Kier molecular flexibility index (Phi) is 7.28. The van der Waals surface area contributed by atoms with E-state index in [4.69, 9.17) is 0 Å². The quantitative estimate of drug-likeness (QED) is 0.439. The predicted octanol–water partition coefficient (Wildman–Crippen LogP) is 3.57. The number of hydrogen-bond donors (Lipinski definition) is 1. The summed E-state index contributed by atoms with van der Waals surface area (Å²) in [6.45, 7) is 11.2. The van der Waals surface area contributed by atoms with Crippen molar-refractivity contribution < 1.29 is 4.92 Å². The fraction of sp³-hybridized carbons (Fsp3) is 0.600. The largest absolute Gasteiger partial charge is 0.311 e. The van der Waals surface area contributed by atoms with E-state index in [-0.39, 0.29) is 10.6 Å². The molecule has 118 valence electrons. The van der Waals surface area contributed by atoms with E-state index in [1.165, 1.54) is 0 Å². The number of benzene rings is 1. The first-order valence-electron chi connectivity index (χ1n) is 7.22. The molecule has 0 aliphatic rings. The van der Waals surface area contributed by atoms with Gasteiger partial charge in [0.15, 0.2) is 0 Å². The van der Waals surface area contributed by atoms with Crippen LogP contribution in [0.1, 0.15) is 33.3 Å². The molecule has 1 N–H and O–H groups in total. The van der Waals surface area contributed by atoms with Crippen molar-refractivity contribution in [3.63, 3.8) is 0 Å². The fourth-order valence-electron chi connectivity index (χ4n) is 2.36. The van der Waals surface area contributed by atoms with E-state index >= 15 is 0 Å². The minimum Gasteiger partial charge on any atom is -0.311 e. The lowest BCUT2D eigenvalue weighted by Crippen LogP contribution is -2.41. The summed E-state index contributed by atoms with van der Waals surface area (Å²) in [5.41, 5.74) is 1.03. The molecule has 1 aromatic rings. The molecule has 0 aliphatic heterocycles. The molecule has 1 rings (SSSR count). The van der Waals surface area contributed by atoms with Gasteiger partial charge in [-0.25, -0.2) is 0 Å². The summed E-state index contributed by atoms with van der Waals surface area (Å²) < 4.78 is 0.516. The van der Waals surface area contributed by atoms with E-state index in [1.807, 2.05) is 6.07 Å². The third-order valence-corrected chi connectivity index (χ3v) is 4.08. The lowest BCUT2D eigenvalue weighted by molar-refractivity contribution is -0.385. The Morgan fingerprint density at radius 2 is 1.90 bits per heavy atom. The van der Waals surface area contributed by atoms with Crippen LogP contribution in [0, 0.1) is 10.1 Å². The molecular formula is C15H24BrN3O2. The maximum Gasteiger partial charge on any atom is 0.283 e. The monoisotopic (exact) mass is 357 g/mol. The minimum atomic E-state index is -0.368. The highest BCUT2D eigenvalue weighted by Crippen LogP contribution is 2.25. The zero-order valence-corrected chi connectivity index (χ0v) is 14.7. The Labute approximate surface area is 135 Å². The second-order valence-corrected chi connectivity index (χ2v) is 6.50. The van der Waals surface area contributed by atoms with Crippen LogP contribution in [0.15, 0.2) is 22.7 Å². The summed E-state index contributed by atoms with van der Waals surface area (Å²) in [4.78, 5) is 12.9. The topological polar surface area (TPSA) is 58.4 Å². The van der Waals surface area contributed by atoms with Gasteiger partial charge in [0.2, 0.25) is 0 Å². The first-order valence-corrected chi connectivity index (χ1v) is 8.01. The lowest BCUT2D eigenvalue weighted by Gasteiger charge is -2.30. The van der Waals surface area contributed by atoms with Crippen LogP contribution in [0.4, 0.5) is 5.69 Å². The van der Waals surface area contributed by atoms with Gasteiger partial charge in [-0.2, -0.15) is 0 Å². The molecular weight excluding hydrogens is 334 g/mol. The Bertz CT molecular complexity index is 470. The molecule has 1 aromatic carbocycles. The van der Waals surface area contributed by atoms with Crippen LogP contribution in [0.5, 0.6) is 0 Å². The third kappa shape index (κ3) is 5.73. The van der Waals surface area contributed by atoms with Gasteiger partial charge in [0.05, 0.1) is 9.40 Å². The number of hydrogen-bond acceptors (Lipinski definition) is 4. The highest BCUT2D eigenvalue weighted by atomic mass is 79.9. The molecule has 0 spiro atoms. The first kappa shape index (κ1) is 18.1. The maximum atomic E-state index is 10.9. The summed E-state index contributed by atoms with van der Waals surface area (Å²) in [5.74, 6) is 0. The predicted molar refractivity (Wildman–Crippen MR) is 89.5 cm³/mol. The van der Waals surface area contributed by atoms with E-state index in [1.54, 1.807) is 12.1 Å². The van der Waals surface area contributed by atoms with Crippen LogP contribution < -0.4 is 5.32 Å². The Hall–Kier alpha value is -0.980. The van der Waals surface area contributed by atoms with Crippen molar-refractivity contribution >= 4 is 21.6 Å². The standard InChI is InChI=1S/C15H24BrN3O2/c1-11(2)18(12(3)4)8-7-17-10-13-5-6-14(16)15(9-13)19(20)21/h5-6,9,11-12,17H,7-8,10H2,1-4H3. The molecule has 0 aliphatic carbocycles. The second-order valence-electron chi connectivity index (χ2n) is 5.64. The van der Waals surface area contributed by atoms with E-state index < -0.39 is 0 Å². The van der Waals surface area contributed by atoms with Crippen molar-refractivity contribution in [1.82, 2.24) is 10.2 Å². The SMILES string of the molecule is CC(C)N(CCNCc1ccc(Br)c([N+](=O)[O-])c1)C(C)C. The van der Waals surface area contributed by atoms with Gasteiger partial charge in [0.1, 0.15) is 0 Å². The van der Waals surface area contributed by atoms with Gasteiger partial charge in [-0.1, -0.05) is 6.07 Å². The normalized spacial score (nSPS) is 11.6. The molecule has 21 heavy (non-hydrogen) atoms. The van der Waals surface area contributed by atoms with Gasteiger partial charge in [0.25, 0.3) is 5.69 Å². The summed E-state index contributed by atoms with van der Waals surface area (Å²) in [6, 6.07) is 6.26. The number of nitro benzene ring substituents is 1. The van der Waals surface area contributed by atoms with Crippen molar-refractivity contribution in [2.45, 2.75) is 46.3 Å². The highest BCUT2D eigenvalue weighted by Gasteiger charge is 2.13. The Morgan fingerprint density at radius 3 is 2.43 bits per heavy atom. The molecule has 0 amide bonds. The van der Waals surface area contributed by atoms with Crippen LogP contribution in [-0.2, 0) is 6.54 Å². The van der Waals surface area contributed by atoms with Gasteiger partial charge in [-0.15, -0.1) is 0 Å². The van der Waals surface area contributed by atoms with Gasteiger partial charge in [-0.05, 0) is 55.3 Å². The fourth-order valence-corrected chi connectivity index (χ4v) is 2.75. The molecule has 0 radical (unpaired) electrons. The van der Waals surface area contributed by atoms with Gasteiger partial charge >= 0.3 is 0 Å². The van der Waals surface area contributed by atoms with Crippen LogP contribution in [0.3, 0.4) is 0 Å². The van der Waals surface area contributed by atoms with Gasteiger partial charge in [0, 0.05) is 37.8 Å². The van der Waals surface area contributed by atoms with Crippen molar-refractivity contribution in [3.05, 3.63) is 38.3 Å². The molecule has 0 bridgehead atoms. The number of rotatable bonds is 8. The van der Waals surface area contributed by atoms with Gasteiger partial charge < -0.3 is 5.32 Å². The van der Waals surface area contributed by atoms with Gasteiger partial charge in [-0.3, -0.25) is 15.0 Å². The van der Waals surface area contributed by atoms with Crippen LogP contribution in [0.2, 0.25) is 0 Å². The van der Waals surface area contributed by atoms with E-state index in [9.17, 15) is 10.1 Å². The summed E-state index contributed by atoms with van der Waals surface area (Å²) in [5, 5.41) is 14.2. The maximum absolute atomic E-state index is 10.9. The molecule has 0 heterocycles. The van der Waals surface area contributed by atoms with Crippen molar-refractivity contribution in [2.75, 3.05) is 13.1 Å². The average molecular weight is 358 g/mol. The number of nitro groups is 1. The average Bonchev–Trinajstić information content (AvgIpc) is 2.39. The van der Waals surface area contributed by atoms with Crippen molar-refractivity contribution in [3.8, 4) is 0 Å². The highest BCUT2D eigenvalue weighted by molar-refractivity contribution is 9.10. The Balaban J connectivity index is 2.49. The number of nitrogens with one attached hydrogen (secondary N) is 1. The summed E-state index contributed by atoms with van der Waals surface area (Å²) in [7, 11) is 0. The van der Waals surface area contributed by atoms with E-state index in [2.05, 4.69) is 53.8 Å². The third-order valence-electron chi connectivity index (χ3n) is 3.41. The lowest BCUT2D eigenvalue weighted by atomic mass is 10.2. The van der Waals surface area contributed by atoms with Crippen LogP contribution in [0.25, 0.3) is 0 Å². The number of halogens is 1. The van der Waals surface area contributed by atoms with E-state index in [0.29, 0.717) is 23.1 Å². The zero-order valence-electron chi connectivity index (χ0n) is 13.1. The van der Waals surface area contributed by atoms with Crippen molar-refractivity contribution in [2.24, 2.45) is 0 Å². The first-order chi connectivity index (χ1) is 9.82. The minimum absolute atomic E-state index is 0.111. The molecule has 5 nitrogen and oxygen atoms in total. The van der Waals surface area contributed by atoms with E-state index in [0.717, 1.165) is 18.7 Å². The van der Waals surface area contributed by atoms with Crippen molar-refractivity contribution in [1.29, 1.82) is 0 Å².